The van der Waals surface area contributed by atoms with Gasteiger partial charge >= 0.3 is 12.4 Å². The summed E-state index contributed by atoms with van der Waals surface area (Å²) >= 11 is 2.34. The van der Waals surface area contributed by atoms with E-state index in [9.17, 15) is 35.9 Å². The second kappa shape index (κ2) is 11.4. The van der Waals surface area contributed by atoms with Crippen LogP contribution in [0.15, 0.2) is 0 Å². The Balaban J connectivity index is -0.000000155. The van der Waals surface area contributed by atoms with Crippen LogP contribution in [0.5, 0.6) is 0 Å². The van der Waals surface area contributed by atoms with E-state index in [-0.39, 0.29) is 6.15 Å². The van der Waals surface area contributed by atoms with Gasteiger partial charge in [0.15, 0.2) is 0 Å². The van der Waals surface area contributed by atoms with Crippen molar-refractivity contribution in [3.63, 3.8) is 0 Å². The summed E-state index contributed by atoms with van der Waals surface area (Å²) in [4.78, 5) is 20.2. The fraction of sp³-hybridized carbons (Fsp3) is 0.778. The quantitative estimate of drug-likeness (QED) is 0.199. The molecule has 0 aliphatic heterocycles. The number of aliphatic hydroxyl groups is 3. The van der Waals surface area contributed by atoms with Crippen LogP contribution in [-0.4, -0.2) is 69.7 Å². The van der Waals surface area contributed by atoms with Crippen molar-refractivity contribution < 1.29 is 51.3 Å². The molecule has 2 unspecified atom stereocenters. The van der Waals surface area contributed by atoms with Gasteiger partial charge in [-0.3, -0.25) is 9.59 Å². The number of carbonyl (C=O) groups excluding carboxylic acids is 2. The molecule has 25 heavy (non-hydrogen) atoms. The third-order valence-corrected chi connectivity index (χ3v) is 3.05. The van der Waals surface area contributed by atoms with E-state index in [1.807, 2.05) is 0 Å². The summed E-state index contributed by atoms with van der Waals surface area (Å²) < 4.78 is 70.5. The number of nitrogens with two attached hydrogens (primary N) is 3. The van der Waals surface area contributed by atoms with E-state index in [0.29, 0.717) is 0 Å². The van der Waals surface area contributed by atoms with Crippen LogP contribution in [0.3, 0.4) is 0 Å². The molecule has 16 heteroatoms. The number of amides is 2. The van der Waals surface area contributed by atoms with Crippen molar-refractivity contribution in [3.8, 4) is 0 Å². The van der Waals surface area contributed by atoms with E-state index >= 15 is 0 Å². The molecule has 2 amide bonds. The van der Waals surface area contributed by atoms with Crippen LogP contribution in [0.1, 0.15) is 0 Å². The average Bonchev–Trinajstić information content (AvgIpc) is 2.45. The summed E-state index contributed by atoms with van der Waals surface area (Å²) in [7, 11) is 1.00. The van der Waals surface area contributed by atoms with Crippen molar-refractivity contribution in [2.24, 2.45) is 17.2 Å². The first kappa shape index (κ1) is 31.6. The van der Waals surface area contributed by atoms with E-state index in [1.54, 1.807) is 0 Å². The van der Waals surface area contributed by atoms with Gasteiger partial charge in [0.05, 0.1) is 5.33 Å². The van der Waals surface area contributed by atoms with Gasteiger partial charge in [-0.25, -0.2) is 0 Å². The Morgan fingerprint density at radius 3 is 1.12 bits per heavy atom. The fourth-order valence-corrected chi connectivity index (χ4v) is 1.23. The molecule has 0 aliphatic carbocycles. The molecule has 0 saturated heterocycles. The number of halogens is 7. The van der Waals surface area contributed by atoms with E-state index in [0.717, 1.165) is 7.11 Å². The van der Waals surface area contributed by atoms with Gasteiger partial charge < -0.3 is 38.7 Å². The molecule has 0 rings (SSSR count). The van der Waals surface area contributed by atoms with Crippen molar-refractivity contribution >= 4 is 27.7 Å². The molecule has 0 aromatic rings. The predicted octanol–water partition coefficient (Wildman–Crippen LogP) is -1.35. The molecule has 0 aromatic carbocycles. The highest BCUT2D eigenvalue weighted by Gasteiger charge is 2.58. The van der Waals surface area contributed by atoms with Gasteiger partial charge in [-0.15, -0.1) is 0 Å². The number of alkyl halides is 7. The number of carbonyl (C=O) groups is 2. The lowest BCUT2D eigenvalue weighted by Gasteiger charge is -2.24. The fourth-order valence-electron chi connectivity index (χ4n) is 0.637. The molecule has 0 spiro atoms. The summed E-state index contributed by atoms with van der Waals surface area (Å²) in [6.07, 6.45) is -10.2. The second-order valence-corrected chi connectivity index (χ2v) is 4.34. The summed E-state index contributed by atoms with van der Waals surface area (Å²) in [5.41, 5.74) is 6.06. The predicted molar refractivity (Wildman–Crippen MR) is 76.4 cm³/mol. The van der Waals surface area contributed by atoms with Gasteiger partial charge in [-0.2, -0.15) is 26.3 Å². The first-order chi connectivity index (χ1) is 10.5. The molecule has 0 heterocycles. The number of hydrogen-bond acceptors (Lipinski definition) is 7. The highest BCUT2D eigenvalue weighted by Crippen LogP contribution is 2.31. The van der Waals surface area contributed by atoms with Crippen molar-refractivity contribution in [3.05, 3.63) is 0 Å². The molecule has 2 atom stereocenters. The summed E-state index contributed by atoms with van der Waals surface area (Å²) in [5, 5.41) is 23.1. The van der Waals surface area contributed by atoms with Crippen LogP contribution in [0.4, 0.5) is 26.3 Å². The topological polar surface area (TPSA) is 208 Å². The minimum Gasteiger partial charge on any atom is -0.400 e. The van der Waals surface area contributed by atoms with Crippen LogP contribution in [0.25, 0.3) is 0 Å². The molecular weight excluding hydrogens is 438 g/mol. The standard InChI is InChI=1S/C4H5BrF3NO2.C4H7F3N2O2.CH4O.H3N/c5-1-3(11,2(9)10)4(6,7)8;5-4(6,7)3(11,1-8)2(9)10;1-2;/h11H,1H2,(H2,9,10);11H,1,8H2,(H2,9,10);2H,1H3;1H3. The van der Waals surface area contributed by atoms with Gasteiger partial charge in [-0.05, 0) is 0 Å². The highest BCUT2D eigenvalue weighted by atomic mass is 79.9. The van der Waals surface area contributed by atoms with Crippen LogP contribution in [0.2, 0.25) is 0 Å². The third kappa shape index (κ3) is 8.15. The number of primary amides is 2. The molecule has 12 N–H and O–H groups in total. The molecule has 0 radical (unpaired) electrons. The van der Waals surface area contributed by atoms with Gasteiger partial charge in [0.1, 0.15) is 0 Å². The normalized spacial score (nSPS) is 15.7. The maximum absolute atomic E-state index is 11.8. The average molecular weight is 457 g/mol. The molecule has 0 bridgehead atoms. The van der Waals surface area contributed by atoms with E-state index in [4.69, 9.17) is 15.3 Å². The minimum absolute atomic E-state index is 0. The van der Waals surface area contributed by atoms with Crippen molar-refractivity contribution in [1.29, 1.82) is 0 Å². The van der Waals surface area contributed by atoms with E-state index in [2.05, 4.69) is 33.1 Å². The van der Waals surface area contributed by atoms with Gasteiger partial charge in [0, 0.05) is 13.7 Å². The van der Waals surface area contributed by atoms with Crippen molar-refractivity contribution in [2.45, 2.75) is 23.6 Å². The zero-order valence-electron chi connectivity index (χ0n) is 12.7. The van der Waals surface area contributed by atoms with Gasteiger partial charge in [0.25, 0.3) is 17.4 Å². The number of hydrogen-bond donors (Lipinski definition) is 7. The van der Waals surface area contributed by atoms with Crippen LogP contribution < -0.4 is 23.4 Å². The largest absolute Gasteiger partial charge is 0.427 e. The maximum atomic E-state index is 11.8. The Kier molecular flexibility index (Phi) is 14.4. The Morgan fingerprint density at radius 2 is 1.12 bits per heavy atom. The zero-order valence-corrected chi connectivity index (χ0v) is 14.2. The summed E-state index contributed by atoms with van der Waals surface area (Å²) in [6.45, 7) is -1.27. The first-order valence-corrected chi connectivity index (χ1v) is 6.52. The Bertz CT molecular complexity index is 386. The summed E-state index contributed by atoms with van der Waals surface area (Å²) in [6, 6.07) is 0. The van der Waals surface area contributed by atoms with Crippen molar-refractivity contribution in [2.75, 3.05) is 19.0 Å². The smallest absolute Gasteiger partial charge is 0.400 e. The maximum Gasteiger partial charge on any atom is 0.427 e. The molecule has 0 saturated carbocycles. The monoisotopic (exact) mass is 456 g/mol. The number of rotatable bonds is 4. The molecular formula is C9H19BrF6N4O5. The summed E-state index contributed by atoms with van der Waals surface area (Å²) in [5.74, 6) is -3.71. The molecule has 9 nitrogen and oxygen atoms in total. The molecule has 154 valence electrons. The van der Waals surface area contributed by atoms with E-state index < -0.39 is 47.2 Å². The lowest BCUT2D eigenvalue weighted by Crippen LogP contribution is -2.60. The Morgan fingerprint density at radius 1 is 0.880 bits per heavy atom. The lowest BCUT2D eigenvalue weighted by atomic mass is 10.0. The van der Waals surface area contributed by atoms with E-state index in [1.165, 1.54) is 0 Å². The second-order valence-electron chi connectivity index (χ2n) is 3.78. The Hall–Kier alpha value is -1.20. The van der Waals surface area contributed by atoms with Crippen LogP contribution >= 0.6 is 15.9 Å². The van der Waals surface area contributed by atoms with Gasteiger partial charge in [0.2, 0.25) is 5.60 Å². The first-order valence-electron chi connectivity index (χ1n) is 5.40. The highest BCUT2D eigenvalue weighted by molar-refractivity contribution is 9.09. The molecule has 0 aliphatic rings. The van der Waals surface area contributed by atoms with Crippen molar-refractivity contribution in [1.82, 2.24) is 6.15 Å². The van der Waals surface area contributed by atoms with Gasteiger partial charge in [-0.1, -0.05) is 15.9 Å². The molecule has 0 fully saturated rings. The zero-order chi connectivity index (χ0) is 20.6. The number of aliphatic hydroxyl groups excluding tert-OH is 1. The lowest BCUT2D eigenvalue weighted by molar-refractivity contribution is -0.246. The SMILES string of the molecule is CO.N.NC(=O)C(O)(CBr)C(F)(F)F.NCC(O)(C(N)=O)C(F)(F)F. The minimum atomic E-state index is -5.12. The molecule has 0 aromatic heterocycles. The van der Waals surface area contributed by atoms with Crippen LogP contribution in [0, 0.1) is 0 Å². The van der Waals surface area contributed by atoms with Crippen LogP contribution in [-0.2, 0) is 9.59 Å². The Labute approximate surface area is 145 Å². The third-order valence-electron chi connectivity index (χ3n) is 2.24.